The fraction of sp³-hybridized carbons (Fsp3) is 0.652. The summed E-state index contributed by atoms with van der Waals surface area (Å²) in [5.74, 6) is -4.14. The Bertz CT molecular complexity index is 1080. The van der Waals surface area contributed by atoms with E-state index < -0.39 is 72.4 Å². The number of hydrogen-bond acceptors (Lipinski definition) is 8. The average molecular weight is 620 g/mol. The molecule has 0 aliphatic heterocycles. The molecule has 0 aliphatic carbocycles. The molecule has 0 aliphatic rings. The third kappa shape index (κ3) is 28.2. The van der Waals surface area contributed by atoms with E-state index in [4.69, 9.17) is 19.9 Å². The van der Waals surface area contributed by atoms with Crippen LogP contribution in [0, 0.1) is 11.8 Å². The minimum Gasteiger partial charge on any atom is -0.481 e. The highest BCUT2D eigenvalue weighted by Gasteiger charge is 2.26. The van der Waals surface area contributed by atoms with Crippen LogP contribution in [0.15, 0.2) is 24.8 Å². The van der Waals surface area contributed by atoms with E-state index in [2.05, 4.69) is 17.2 Å². The molecule has 0 radical (unpaired) electrons. The van der Waals surface area contributed by atoms with Crippen LogP contribution in [-0.4, -0.2) is 82.8 Å². The van der Waals surface area contributed by atoms with Crippen LogP contribution >= 0.6 is 0 Å². The van der Waals surface area contributed by atoms with E-state index in [1.807, 2.05) is 6.92 Å². The van der Waals surface area contributed by atoms with Crippen molar-refractivity contribution in [2.45, 2.75) is 72.4 Å². The molecule has 0 aromatic rings. The first-order valence-corrected chi connectivity index (χ1v) is 14.9. The Morgan fingerprint density at radius 1 is 0.875 bits per heavy atom. The number of amides is 3. The van der Waals surface area contributed by atoms with Crippen molar-refractivity contribution in [2.75, 3.05) is 11.5 Å². The molecule has 3 amide bonds. The van der Waals surface area contributed by atoms with E-state index in [-0.39, 0.29) is 11.4 Å². The molecule has 0 aromatic heterocycles. The van der Waals surface area contributed by atoms with Gasteiger partial charge in [-0.25, -0.2) is 0 Å². The number of carboxylic acids is 1. The molecule has 0 spiro atoms. The number of carboxylic acid groups (broad SMARTS) is 1. The Kier molecular flexibility index (Phi) is 21.3. The molecular weight excluding hydrogens is 574 g/mol. The fourth-order valence-electron chi connectivity index (χ4n) is 2.55. The summed E-state index contributed by atoms with van der Waals surface area (Å²) >= 11 is 0. The van der Waals surface area contributed by atoms with Gasteiger partial charge in [-0.3, -0.25) is 28.3 Å². The highest BCUT2D eigenvalue weighted by molar-refractivity contribution is 7.86. The maximum atomic E-state index is 11.6. The van der Waals surface area contributed by atoms with E-state index in [0.29, 0.717) is 6.42 Å². The molecule has 0 saturated carbocycles. The lowest BCUT2D eigenvalue weighted by Gasteiger charge is -2.23. The molecule has 0 fully saturated rings. The van der Waals surface area contributed by atoms with E-state index in [1.54, 1.807) is 13.8 Å². The summed E-state index contributed by atoms with van der Waals surface area (Å²) in [6.07, 6.45) is 4.71. The molecule has 17 heteroatoms. The van der Waals surface area contributed by atoms with Crippen molar-refractivity contribution < 1.29 is 55.7 Å². The van der Waals surface area contributed by atoms with E-state index in [9.17, 15) is 36.0 Å². The number of hydrogen-bond donors (Lipinski definition) is 6. The summed E-state index contributed by atoms with van der Waals surface area (Å²) in [4.78, 5) is 43.2. The minimum atomic E-state index is -4.19. The van der Waals surface area contributed by atoms with Gasteiger partial charge in [0.1, 0.15) is 0 Å². The number of nitrogens with two attached hydrogens (primary N) is 1. The number of carbonyl (C=O) groups excluding carboxylic acids is 3. The lowest BCUT2D eigenvalue weighted by atomic mass is 10.1. The quantitative estimate of drug-likeness (QED) is 0.119. The van der Waals surface area contributed by atoms with Crippen molar-refractivity contribution in [1.29, 1.82) is 0 Å². The summed E-state index contributed by atoms with van der Waals surface area (Å²) in [6.45, 7) is 14.4. The second-order valence-corrected chi connectivity index (χ2v) is 12.7. The van der Waals surface area contributed by atoms with Crippen molar-refractivity contribution >= 4 is 43.9 Å². The molecule has 0 rings (SSSR count). The van der Waals surface area contributed by atoms with Gasteiger partial charge in [0.05, 0.1) is 34.4 Å². The molecule has 0 bridgehead atoms. The van der Waals surface area contributed by atoms with Crippen molar-refractivity contribution in [2.24, 2.45) is 17.6 Å². The number of rotatable bonds is 13. The Balaban J connectivity index is -0.000000267. The van der Waals surface area contributed by atoms with Gasteiger partial charge in [-0.15, -0.1) is 0 Å². The summed E-state index contributed by atoms with van der Waals surface area (Å²) in [5, 5.41) is 13.0. The lowest BCUT2D eigenvalue weighted by molar-refractivity contribution is -0.141. The second-order valence-electron chi connectivity index (χ2n) is 9.83. The fourth-order valence-corrected chi connectivity index (χ4v) is 4.52. The third-order valence-corrected chi connectivity index (χ3v) is 6.69. The van der Waals surface area contributed by atoms with Crippen LogP contribution in [0.3, 0.4) is 0 Å². The molecule has 0 saturated heterocycles. The van der Waals surface area contributed by atoms with Gasteiger partial charge in [0.25, 0.3) is 20.2 Å². The van der Waals surface area contributed by atoms with Crippen molar-refractivity contribution in [1.82, 2.24) is 10.6 Å². The number of nitrogens with one attached hydrogen (secondary N) is 2. The standard InChI is InChI=1S/C11H20N2O5S.C7H13NO4S.C5H10O2.H2O/c1-4-8(10(12)15)5-6-9(14)13-11(2,3)7-19(16,17)18;1-4-6(9)8-7(2,3)5-13(10,11)12;1-3-4(2)5(6)7;/h5-6,8H,4,7H2,1-3H3,(H2,12,15)(H,13,14)(H,16,17,18);4H,1,5H2,2-3H3,(H,8,9)(H,10,11,12);4H,3H2,1-2H3,(H,6,7);1H2/b6-5+;;;. The van der Waals surface area contributed by atoms with Crippen molar-refractivity contribution in [3.05, 3.63) is 24.8 Å². The van der Waals surface area contributed by atoms with Crippen LogP contribution in [0.25, 0.3) is 0 Å². The zero-order valence-corrected chi connectivity index (χ0v) is 25.6. The summed E-state index contributed by atoms with van der Waals surface area (Å²) in [5.41, 5.74) is 2.99. The summed E-state index contributed by atoms with van der Waals surface area (Å²) in [6, 6.07) is 0. The molecule has 0 aromatic carbocycles. The Labute approximate surface area is 236 Å². The van der Waals surface area contributed by atoms with Gasteiger partial charge >= 0.3 is 5.97 Å². The predicted octanol–water partition coefficient (Wildman–Crippen LogP) is 0.0841. The first kappa shape index (κ1) is 44.2. The van der Waals surface area contributed by atoms with Crippen LogP contribution < -0.4 is 16.4 Å². The van der Waals surface area contributed by atoms with Gasteiger partial charge in [0.2, 0.25) is 17.7 Å². The Morgan fingerprint density at radius 3 is 1.48 bits per heavy atom. The molecule has 236 valence electrons. The largest absolute Gasteiger partial charge is 0.481 e. The Hall–Kier alpha value is -2.86. The number of carbonyl (C=O) groups is 4. The van der Waals surface area contributed by atoms with E-state index >= 15 is 0 Å². The van der Waals surface area contributed by atoms with Gasteiger partial charge in [0.15, 0.2) is 0 Å². The normalized spacial score (nSPS) is 13.1. The van der Waals surface area contributed by atoms with Gasteiger partial charge in [-0.2, -0.15) is 16.8 Å². The molecule has 2 unspecified atom stereocenters. The maximum absolute atomic E-state index is 11.6. The van der Waals surface area contributed by atoms with Gasteiger partial charge in [0, 0.05) is 0 Å². The highest BCUT2D eigenvalue weighted by Crippen LogP contribution is 2.07. The molecular formula is C23H45N3O12S2. The molecule has 40 heavy (non-hydrogen) atoms. The monoisotopic (exact) mass is 619 g/mol. The lowest BCUT2D eigenvalue weighted by Crippen LogP contribution is -2.47. The SMILES string of the molecule is C=CC(=O)NC(C)(C)CS(=O)(=O)O.CCC(/C=C/C(=O)NC(C)(C)CS(=O)(=O)O)C(N)=O.CCC(C)C(=O)O.O. The van der Waals surface area contributed by atoms with Gasteiger partial charge < -0.3 is 26.9 Å². The number of aliphatic carboxylic acids is 1. The van der Waals surface area contributed by atoms with E-state index in [1.165, 1.54) is 33.8 Å². The Morgan fingerprint density at radius 2 is 1.25 bits per heavy atom. The first-order valence-electron chi connectivity index (χ1n) is 11.7. The highest BCUT2D eigenvalue weighted by atomic mass is 32.2. The minimum absolute atomic E-state index is 0. The van der Waals surface area contributed by atoms with Crippen molar-refractivity contribution in [3.63, 3.8) is 0 Å². The van der Waals surface area contributed by atoms with Crippen LogP contribution in [0.2, 0.25) is 0 Å². The van der Waals surface area contributed by atoms with Crippen LogP contribution in [0.5, 0.6) is 0 Å². The van der Waals surface area contributed by atoms with Gasteiger partial charge in [-0.1, -0.05) is 33.4 Å². The smallest absolute Gasteiger partial charge is 0.306 e. The molecule has 2 atom stereocenters. The van der Waals surface area contributed by atoms with Gasteiger partial charge in [-0.05, 0) is 52.7 Å². The van der Waals surface area contributed by atoms with E-state index in [0.717, 1.165) is 18.6 Å². The summed E-state index contributed by atoms with van der Waals surface area (Å²) in [7, 11) is -8.27. The van der Waals surface area contributed by atoms with Crippen LogP contribution in [0.1, 0.15) is 61.3 Å². The first-order chi connectivity index (χ1) is 17.3. The average Bonchev–Trinajstić information content (AvgIpc) is 2.69. The third-order valence-electron chi connectivity index (χ3n) is 4.51. The molecule has 9 N–H and O–H groups in total. The summed E-state index contributed by atoms with van der Waals surface area (Å²) < 4.78 is 59.8. The second kappa shape index (κ2) is 19.3. The number of primary amides is 1. The maximum Gasteiger partial charge on any atom is 0.306 e. The van der Waals surface area contributed by atoms with Crippen LogP contribution in [0.4, 0.5) is 0 Å². The molecule has 15 nitrogen and oxygen atoms in total. The van der Waals surface area contributed by atoms with Crippen LogP contribution in [-0.2, 0) is 39.4 Å². The topological polar surface area (TPSA) is 279 Å². The van der Waals surface area contributed by atoms with Crippen molar-refractivity contribution in [3.8, 4) is 0 Å². The zero-order chi connectivity index (χ0) is 31.8. The predicted molar refractivity (Wildman–Crippen MR) is 150 cm³/mol. The zero-order valence-electron chi connectivity index (χ0n) is 23.9. The molecule has 0 heterocycles.